The van der Waals surface area contributed by atoms with Crippen molar-refractivity contribution < 1.29 is 5.11 Å². The molecule has 0 aliphatic carbocycles. The molecule has 60 valence electrons. The van der Waals surface area contributed by atoms with E-state index in [1.165, 1.54) is 0 Å². The lowest BCUT2D eigenvalue weighted by atomic mass is 10.2. The van der Waals surface area contributed by atoms with Crippen LogP contribution in [0, 0.1) is 0 Å². The molecule has 0 bridgehead atoms. The van der Waals surface area contributed by atoms with E-state index in [0.717, 1.165) is 15.2 Å². The minimum atomic E-state index is 0.258. The Morgan fingerprint density at radius 1 is 1.25 bits per heavy atom. The summed E-state index contributed by atoms with van der Waals surface area (Å²) in [7, 11) is 0. The Bertz CT molecular complexity index is 428. The zero-order valence-electron chi connectivity index (χ0n) is 6.16. The lowest BCUT2D eigenvalue weighted by Gasteiger charge is -2.00. The van der Waals surface area contributed by atoms with Crippen LogP contribution in [0.3, 0.4) is 0 Å². The number of fused-ring (bicyclic) bond motifs is 1. The van der Waals surface area contributed by atoms with Crippen molar-refractivity contribution in [1.29, 1.82) is 0 Å². The maximum Gasteiger partial charge on any atom is 0.130 e. The second-order valence-corrected chi connectivity index (χ2v) is 3.29. The lowest BCUT2D eigenvalue weighted by Crippen LogP contribution is -1.76. The molecule has 0 aliphatic rings. The molecule has 0 unspecified atom stereocenters. The SMILES string of the molecule is Oc1ccc2cnccc2c1Br. The molecule has 1 heterocycles. The predicted molar refractivity (Wildman–Crippen MR) is 51.1 cm³/mol. The summed E-state index contributed by atoms with van der Waals surface area (Å²) >= 11 is 3.30. The van der Waals surface area contributed by atoms with Crippen molar-refractivity contribution in [3.05, 3.63) is 35.1 Å². The van der Waals surface area contributed by atoms with Gasteiger partial charge in [-0.25, -0.2) is 0 Å². The van der Waals surface area contributed by atoms with Crippen molar-refractivity contribution >= 4 is 26.7 Å². The second-order valence-electron chi connectivity index (χ2n) is 2.50. The van der Waals surface area contributed by atoms with Crippen molar-refractivity contribution in [1.82, 2.24) is 4.98 Å². The molecule has 2 aromatic rings. The first-order chi connectivity index (χ1) is 5.79. The largest absolute Gasteiger partial charge is 0.507 e. The number of benzene rings is 1. The molecule has 0 saturated heterocycles. The number of rotatable bonds is 0. The monoisotopic (exact) mass is 223 g/mol. The van der Waals surface area contributed by atoms with E-state index in [2.05, 4.69) is 20.9 Å². The predicted octanol–water partition coefficient (Wildman–Crippen LogP) is 2.70. The molecular weight excluding hydrogens is 218 g/mol. The molecular formula is C9H6BrNO. The number of hydrogen-bond donors (Lipinski definition) is 1. The van der Waals surface area contributed by atoms with Gasteiger partial charge in [-0.2, -0.15) is 0 Å². The smallest absolute Gasteiger partial charge is 0.130 e. The van der Waals surface area contributed by atoms with Gasteiger partial charge < -0.3 is 5.11 Å². The maximum absolute atomic E-state index is 9.35. The van der Waals surface area contributed by atoms with Crippen LogP contribution >= 0.6 is 15.9 Å². The summed E-state index contributed by atoms with van der Waals surface area (Å²) in [4.78, 5) is 3.98. The van der Waals surface area contributed by atoms with E-state index < -0.39 is 0 Å². The van der Waals surface area contributed by atoms with Crippen LogP contribution in [0.1, 0.15) is 0 Å². The Balaban J connectivity index is 2.91. The van der Waals surface area contributed by atoms with Gasteiger partial charge in [-0.1, -0.05) is 0 Å². The fourth-order valence-corrected chi connectivity index (χ4v) is 1.61. The summed E-state index contributed by atoms with van der Waals surface area (Å²) in [5.41, 5.74) is 0. The van der Waals surface area contributed by atoms with Crippen LogP contribution in [-0.2, 0) is 0 Å². The van der Waals surface area contributed by atoms with Crippen molar-refractivity contribution in [3.8, 4) is 5.75 Å². The zero-order valence-corrected chi connectivity index (χ0v) is 7.75. The fourth-order valence-electron chi connectivity index (χ4n) is 1.12. The Labute approximate surface area is 78.0 Å². The summed E-state index contributed by atoms with van der Waals surface area (Å²) in [6, 6.07) is 5.34. The van der Waals surface area contributed by atoms with Crippen LogP contribution in [0.4, 0.5) is 0 Å². The Morgan fingerprint density at radius 2 is 2.08 bits per heavy atom. The van der Waals surface area contributed by atoms with Crippen molar-refractivity contribution in [3.63, 3.8) is 0 Å². The number of aromatic hydroxyl groups is 1. The number of phenolic OH excluding ortho intramolecular Hbond substituents is 1. The number of pyridine rings is 1. The molecule has 1 N–H and O–H groups in total. The third kappa shape index (κ3) is 1.06. The minimum Gasteiger partial charge on any atom is -0.507 e. The highest BCUT2D eigenvalue weighted by Gasteiger charge is 2.01. The normalized spacial score (nSPS) is 10.4. The number of phenols is 1. The van der Waals surface area contributed by atoms with E-state index in [1.54, 1.807) is 18.5 Å². The Kier molecular flexibility index (Phi) is 1.73. The Morgan fingerprint density at radius 3 is 2.92 bits per heavy atom. The fraction of sp³-hybridized carbons (Fsp3) is 0. The van der Waals surface area contributed by atoms with Crippen LogP contribution in [0.5, 0.6) is 5.75 Å². The summed E-state index contributed by atoms with van der Waals surface area (Å²) in [6.45, 7) is 0. The topological polar surface area (TPSA) is 33.1 Å². The van der Waals surface area contributed by atoms with E-state index >= 15 is 0 Å². The summed E-state index contributed by atoms with van der Waals surface area (Å²) in [5, 5.41) is 11.3. The zero-order chi connectivity index (χ0) is 8.55. The molecule has 3 heteroatoms. The van der Waals surface area contributed by atoms with Crippen LogP contribution in [0.2, 0.25) is 0 Å². The van der Waals surface area contributed by atoms with E-state index in [1.807, 2.05) is 12.1 Å². The first-order valence-electron chi connectivity index (χ1n) is 3.50. The molecule has 0 aliphatic heterocycles. The molecule has 0 amide bonds. The average molecular weight is 224 g/mol. The third-order valence-corrected chi connectivity index (χ3v) is 2.57. The molecule has 0 saturated carbocycles. The van der Waals surface area contributed by atoms with Gasteiger partial charge in [0.05, 0.1) is 4.47 Å². The molecule has 1 aromatic heterocycles. The third-order valence-electron chi connectivity index (χ3n) is 1.73. The minimum absolute atomic E-state index is 0.258. The van der Waals surface area contributed by atoms with Crippen LogP contribution < -0.4 is 0 Å². The van der Waals surface area contributed by atoms with Crippen LogP contribution in [0.15, 0.2) is 35.1 Å². The van der Waals surface area contributed by atoms with E-state index in [-0.39, 0.29) is 5.75 Å². The number of nitrogens with zero attached hydrogens (tertiary/aromatic N) is 1. The van der Waals surface area contributed by atoms with Gasteiger partial charge in [0.15, 0.2) is 0 Å². The molecule has 1 aromatic carbocycles. The number of aromatic nitrogens is 1. The van der Waals surface area contributed by atoms with E-state index in [0.29, 0.717) is 0 Å². The van der Waals surface area contributed by atoms with Crippen LogP contribution in [-0.4, -0.2) is 10.1 Å². The molecule has 2 nitrogen and oxygen atoms in total. The summed E-state index contributed by atoms with van der Waals surface area (Å²) < 4.78 is 0.724. The van der Waals surface area contributed by atoms with Gasteiger partial charge >= 0.3 is 0 Å². The highest BCUT2D eigenvalue weighted by Crippen LogP contribution is 2.31. The molecule has 0 atom stereocenters. The van der Waals surface area contributed by atoms with E-state index in [9.17, 15) is 5.11 Å². The standard InChI is InChI=1S/C9H6BrNO/c10-9-7-3-4-11-5-6(7)1-2-8(9)12/h1-5,12H. The first-order valence-corrected chi connectivity index (χ1v) is 4.29. The summed E-state index contributed by atoms with van der Waals surface area (Å²) in [5.74, 6) is 0.258. The van der Waals surface area contributed by atoms with Gasteiger partial charge in [0.25, 0.3) is 0 Å². The Hall–Kier alpha value is -1.09. The highest BCUT2D eigenvalue weighted by molar-refractivity contribution is 9.10. The van der Waals surface area contributed by atoms with Gasteiger partial charge in [-0.3, -0.25) is 4.98 Å². The molecule has 2 rings (SSSR count). The van der Waals surface area contributed by atoms with Crippen molar-refractivity contribution in [2.75, 3.05) is 0 Å². The second kappa shape index (κ2) is 2.75. The molecule has 0 spiro atoms. The first kappa shape index (κ1) is 7.55. The average Bonchev–Trinajstić information content (AvgIpc) is 2.12. The van der Waals surface area contributed by atoms with Gasteiger partial charge in [0.2, 0.25) is 0 Å². The van der Waals surface area contributed by atoms with Crippen molar-refractivity contribution in [2.45, 2.75) is 0 Å². The van der Waals surface area contributed by atoms with Crippen LogP contribution in [0.25, 0.3) is 10.8 Å². The van der Waals surface area contributed by atoms with Gasteiger partial charge in [-0.05, 0) is 34.1 Å². The number of hydrogen-bond acceptors (Lipinski definition) is 2. The molecule has 0 radical (unpaired) electrons. The number of halogens is 1. The highest BCUT2D eigenvalue weighted by atomic mass is 79.9. The molecule has 0 fully saturated rings. The van der Waals surface area contributed by atoms with Gasteiger partial charge in [0.1, 0.15) is 5.75 Å². The van der Waals surface area contributed by atoms with E-state index in [4.69, 9.17) is 0 Å². The lowest BCUT2D eigenvalue weighted by molar-refractivity contribution is 0.473. The quantitative estimate of drug-likeness (QED) is 0.746. The summed E-state index contributed by atoms with van der Waals surface area (Å²) in [6.07, 6.45) is 3.46. The van der Waals surface area contributed by atoms with Crippen molar-refractivity contribution in [2.24, 2.45) is 0 Å². The maximum atomic E-state index is 9.35. The molecule has 12 heavy (non-hydrogen) atoms. The van der Waals surface area contributed by atoms with Gasteiger partial charge in [-0.15, -0.1) is 0 Å². The van der Waals surface area contributed by atoms with Gasteiger partial charge in [0, 0.05) is 23.2 Å².